The number of hydrogen-bond acceptors (Lipinski definition) is 4. The summed E-state index contributed by atoms with van der Waals surface area (Å²) in [7, 11) is 0. The van der Waals surface area contributed by atoms with E-state index >= 15 is 0 Å². The number of nitrogen functional groups attached to an aromatic ring is 1. The van der Waals surface area contributed by atoms with E-state index in [-0.39, 0.29) is 0 Å². The molecule has 0 saturated carbocycles. The molecule has 0 radical (unpaired) electrons. The largest absolute Gasteiger partial charge is 0.381 e. The van der Waals surface area contributed by atoms with Gasteiger partial charge in [0.05, 0.1) is 10.2 Å². The molecule has 0 aliphatic rings. The summed E-state index contributed by atoms with van der Waals surface area (Å²) in [4.78, 5) is 8.28. The number of halogens is 1. The Bertz CT molecular complexity index is 445. The number of nitrogens with two attached hydrogens (primary N) is 1. The van der Waals surface area contributed by atoms with E-state index in [4.69, 9.17) is 5.73 Å². The molecule has 0 fully saturated rings. The Morgan fingerprint density at radius 3 is 2.64 bits per heavy atom. The number of nitrogens with zero attached hydrogens (tertiary/aromatic N) is 4. The van der Waals surface area contributed by atoms with Gasteiger partial charge in [-0.3, -0.25) is 4.98 Å². The summed E-state index contributed by atoms with van der Waals surface area (Å²) in [6.07, 6.45) is 5.02. The van der Waals surface area contributed by atoms with Crippen LogP contribution in [0.3, 0.4) is 0 Å². The standard InChI is InChI=1S/C8H8BrN5/c1-5-8(12-3-2-11-5)14-4-6(9)7(10)13-14/h2-4H,1H3,(H2,10,13). The van der Waals surface area contributed by atoms with Crippen LogP contribution in [0, 0.1) is 6.92 Å². The molecule has 0 aliphatic heterocycles. The number of aryl methyl sites for hydroxylation is 1. The maximum absolute atomic E-state index is 5.60. The summed E-state index contributed by atoms with van der Waals surface area (Å²) in [6, 6.07) is 0. The van der Waals surface area contributed by atoms with Crippen molar-refractivity contribution < 1.29 is 0 Å². The number of hydrogen-bond donors (Lipinski definition) is 1. The third-order valence-corrected chi connectivity index (χ3v) is 2.38. The van der Waals surface area contributed by atoms with Gasteiger partial charge in [0, 0.05) is 18.6 Å². The van der Waals surface area contributed by atoms with Crippen LogP contribution in [-0.2, 0) is 0 Å². The zero-order chi connectivity index (χ0) is 10.1. The molecule has 2 heterocycles. The van der Waals surface area contributed by atoms with Crippen LogP contribution in [0.4, 0.5) is 5.82 Å². The highest BCUT2D eigenvalue weighted by molar-refractivity contribution is 9.10. The van der Waals surface area contributed by atoms with E-state index in [2.05, 4.69) is 31.0 Å². The van der Waals surface area contributed by atoms with Crippen molar-refractivity contribution in [2.45, 2.75) is 6.92 Å². The molecule has 14 heavy (non-hydrogen) atoms. The molecule has 0 aliphatic carbocycles. The lowest BCUT2D eigenvalue weighted by atomic mass is 10.4. The van der Waals surface area contributed by atoms with Crippen molar-refractivity contribution in [3.05, 3.63) is 28.8 Å². The topological polar surface area (TPSA) is 69.6 Å². The van der Waals surface area contributed by atoms with Crippen LogP contribution >= 0.6 is 15.9 Å². The van der Waals surface area contributed by atoms with Gasteiger partial charge in [0.1, 0.15) is 0 Å². The van der Waals surface area contributed by atoms with Crippen molar-refractivity contribution >= 4 is 21.7 Å². The third-order valence-electron chi connectivity index (χ3n) is 1.77. The molecule has 0 unspecified atom stereocenters. The Hall–Kier alpha value is -1.43. The number of aromatic nitrogens is 4. The Morgan fingerprint density at radius 2 is 2.07 bits per heavy atom. The predicted octanol–water partition coefficient (Wildman–Crippen LogP) is 1.32. The van der Waals surface area contributed by atoms with Crippen LogP contribution in [0.1, 0.15) is 5.69 Å². The van der Waals surface area contributed by atoms with Crippen molar-refractivity contribution in [3.8, 4) is 5.82 Å². The van der Waals surface area contributed by atoms with Crippen LogP contribution in [0.2, 0.25) is 0 Å². The van der Waals surface area contributed by atoms with Gasteiger partial charge in [0.2, 0.25) is 0 Å². The summed E-state index contributed by atoms with van der Waals surface area (Å²) < 4.78 is 2.35. The van der Waals surface area contributed by atoms with Gasteiger partial charge in [-0.2, -0.15) is 0 Å². The fourth-order valence-electron chi connectivity index (χ4n) is 1.10. The van der Waals surface area contributed by atoms with E-state index in [1.54, 1.807) is 23.3 Å². The highest BCUT2D eigenvalue weighted by Gasteiger charge is 2.07. The molecule has 5 nitrogen and oxygen atoms in total. The average Bonchev–Trinajstić information content (AvgIpc) is 2.48. The van der Waals surface area contributed by atoms with E-state index < -0.39 is 0 Å². The van der Waals surface area contributed by atoms with E-state index in [0.29, 0.717) is 11.6 Å². The summed E-state index contributed by atoms with van der Waals surface area (Å²) in [5.41, 5.74) is 6.41. The molecule has 0 amide bonds. The smallest absolute Gasteiger partial charge is 0.174 e. The first-order valence-corrected chi connectivity index (χ1v) is 4.76. The first-order valence-electron chi connectivity index (χ1n) is 3.97. The zero-order valence-electron chi connectivity index (χ0n) is 7.48. The minimum Gasteiger partial charge on any atom is -0.381 e. The quantitative estimate of drug-likeness (QED) is 0.833. The lowest BCUT2D eigenvalue weighted by molar-refractivity contribution is 0.828. The summed E-state index contributed by atoms with van der Waals surface area (Å²) in [5.74, 6) is 1.12. The van der Waals surface area contributed by atoms with Gasteiger partial charge in [0.15, 0.2) is 11.6 Å². The Balaban J connectivity index is 2.55. The minimum atomic E-state index is 0.440. The van der Waals surface area contributed by atoms with Crippen LogP contribution < -0.4 is 5.73 Å². The average molecular weight is 254 g/mol. The van der Waals surface area contributed by atoms with Crippen molar-refractivity contribution in [2.24, 2.45) is 0 Å². The second kappa shape index (κ2) is 3.38. The second-order valence-corrected chi connectivity index (χ2v) is 3.63. The maximum Gasteiger partial charge on any atom is 0.174 e. The van der Waals surface area contributed by atoms with Crippen LogP contribution in [0.5, 0.6) is 0 Å². The Labute approximate surface area is 89.1 Å². The monoisotopic (exact) mass is 253 g/mol. The van der Waals surface area contributed by atoms with E-state index in [1.807, 2.05) is 6.92 Å². The molecule has 0 aromatic carbocycles. The van der Waals surface area contributed by atoms with Crippen LogP contribution in [-0.4, -0.2) is 19.7 Å². The first kappa shape index (κ1) is 9.14. The molecule has 0 bridgehead atoms. The van der Waals surface area contributed by atoms with Gasteiger partial charge in [-0.25, -0.2) is 9.67 Å². The fourth-order valence-corrected chi connectivity index (χ4v) is 1.37. The van der Waals surface area contributed by atoms with E-state index in [9.17, 15) is 0 Å². The zero-order valence-corrected chi connectivity index (χ0v) is 9.06. The van der Waals surface area contributed by atoms with Gasteiger partial charge in [-0.1, -0.05) is 0 Å². The highest BCUT2D eigenvalue weighted by atomic mass is 79.9. The first-order chi connectivity index (χ1) is 6.68. The van der Waals surface area contributed by atoms with Crippen LogP contribution in [0.15, 0.2) is 23.1 Å². The molecular weight excluding hydrogens is 246 g/mol. The summed E-state index contributed by atoms with van der Waals surface area (Å²) in [5, 5.41) is 4.09. The highest BCUT2D eigenvalue weighted by Crippen LogP contribution is 2.19. The molecule has 0 saturated heterocycles. The molecule has 0 atom stereocenters. The van der Waals surface area contributed by atoms with Crippen molar-refractivity contribution in [3.63, 3.8) is 0 Å². The lowest BCUT2D eigenvalue weighted by Gasteiger charge is -2.01. The molecule has 2 rings (SSSR count). The molecule has 2 aromatic rings. The predicted molar refractivity (Wildman–Crippen MR) is 56.0 cm³/mol. The van der Waals surface area contributed by atoms with Gasteiger partial charge in [-0.05, 0) is 22.9 Å². The van der Waals surface area contributed by atoms with Gasteiger partial charge in [-0.15, -0.1) is 5.10 Å². The summed E-state index contributed by atoms with van der Waals surface area (Å²) in [6.45, 7) is 1.87. The molecule has 0 spiro atoms. The van der Waals surface area contributed by atoms with Crippen molar-refractivity contribution in [1.29, 1.82) is 0 Å². The molecule has 2 aromatic heterocycles. The fraction of sp³-hybridized carbons (Fsp3) is 0.125. The minimum absolute atomic E-state index is 0.440. The molecule has 72 valence electrons. The van der Waals surface area contributed by atoms with E-state index in [0.717, 1.165) is 10.2 Å². The van der Waals surface area contributed by atoms with Gasteiger partial charge < -0.3 is 5.73 Å². The molecule has 2 N–H and O–H groups in total. The third kappa shape index (κ3) is 1.48. The van der Waals surface area contributed by atoms with Gasteiger partial charge in [0.25, 0.3) is 0 Å². The Morgan fingerprint density at radius 1 is 1.36 bits per heavy atom. The van der Waals surface area contributed by atoms with Gasteiger partial charge >= 0.3 is 0 Å². The Kier molecular flexibility index (Phi) is 2.20. The second-order valence-electron chi connectivity index (χ2n) is 2.77. The molecule has 6 heteroatoms. The van der Waals surface area contributed by atoms with E-state index in [1.165, 1.54) is 0 Å². The lowest BCUT2D eigenvalue weighted by Crippen LogP contribution is -2.02. The normalized spacial score (nSPS) is 10.4. The number of anilines is 1. The number of rotatable bonds is 1. The van der Waals surface area contributed by atoms with Crippen LogP contribution in [0.25, 0.3) is 5.82 Å². The summed E-state index contributed by atoms with van der Waals surface area (Å²) >= 11 is 3.28. The SMILES string of the molecule is Cc1nccnc1-n1cc(Br)c(N)n1. The van der Waals surface area contributed by atoms with Crippen molar-refractivity contribution in [1.82, 2.24) is 19.7 Å². The van der Waals surface area contributed by atoms with Crippen molar-refractivity contribution in [2.75, 3.05) is 5.73 Å². The molecular formula is C8H8BrN5. The maximum atomic E-state index is 5.60.